The predicted octanol–water partition coefficient (Wildman–Crippen LogP) is 0.456. The number of hydrazine groups is 1. The van der Waals surface area contributed by atoms with Gasteiger partial charge in [0.25, 0.3) is 0 Å². The first kappa shape index (κ1) is 15.6. The number of pyridine rings is 1. The van der Waals surface area contributed by atoms with Gasteiger partial charge in [-0.3, -0.25) is 10.8 Å². The van der Waals surface area contributed by atoms with Crippen molar-refractivity contribution in [3.8, 4) is 0 Å². The van der Waals surface area contributed by atoms with Gasteiger partial charge in [-0.15, -0.1) is 0 Å². The van der Waals surface area contributed by atoms with Crippen molar-refractivity contribution in [2.24, 2.45) is 5.84 Å². The summed E-state index contributed by atoms with van der Waals surface area (Å²) < 4.78 is 27.3. The van der Waals surface area contributed by atoms with E-state index in [0.717, 1.165) is 19.6 Å². The van der Waals surface area contributed by atoms with Crippen molar-refractivity contribution in [1.82, 2.24) is 14.2 Å². The Morgan fingerprint density at radius 1 is 1.35 bits per heavy atom. The highest BCUT2D eigenvalue weighted by Crippen LogP contribution is 2.30. The molecule has 2 rings (SSSR count). The first-order chi connectivity index (χ1) is 9.50. The number of nitrogens with one attached hydrogen (secondary N) is 1. The summed E-state index contributed by atoms with van der Waals surface area (Å²) in [5, 5.41) is 0. The number of hydrogen-bond donors (Lipinski definition) is 2. The van der Waals surface area contributed by atoms with Crippen LogP contribution in [0, 0.1) is 0 Å². The molecule has 2 heterocycles. The molecule has 1 aromatic rings. The number of anilines is 1. The second-order valence-electron chi connectivity index (χ2n) is 4.48. The van der Waals surface area contributed by atoms with Gasteiger partial charge in [0.2, 0.25) is 10.0 Å². The summed E-state index contributed by atoms with van der Waals surface area (Å²) in [5.41, 5.74) is 2.76. The predicted molar refractivity (Wildman–Crippen MR) is 80.6 cm³/mol. The highest BCUT2D eigenvalue weighted by atomic mass is 79.9. The molecule has 0 saturated carbocycles. The van der Waals surface area contributed by atoms with Gasteiger partial charge in [-0.25, -0.2) is 8.42 Å². The molecule has 0 bridgehead atoms. The number of likely N-dealkylation sites (N-methyl/N-ethyl adjacent to an activating group) is 1. The van der Waals surface area contributed by atoms with Crippen molar-refractivity contribution >= 4 is 31.6 Å². The topological polar surface area (TPSA) is 91.6 Å². The van der Waals surface area contributed by atoms with E-state index in [1.165, 1.54) is 16.7 Å². The van der Waals surface area contributed by atoms with E-state index in [2.05, 4.69) is 38.2 Å². The summed E-state index contributed by atoms with van der Waals surface area (Å²) >= 11 is 3.25. The molecule has 1 aromatic heterocycles. The minimum Gasteiger partial charge on any atom is -0.322 e. The zero-order chi connectivity index (χ0) is 14.8. The van der Waals surface area contributed by atoms with Gasteiger partial charge in [-0.1, -0.05) is 6.92 Å². The maximum absolute atomic E-state index is 12.7. The molecule has 20 heavy (non-hydrogen) atoms. The quantitative estimate of drug-likeness (QED) is 0.596. The van der Waals surface area contributed by atoms with Crippen LogP contribution in [0.15, 0.2) is 21.8 Å². The number of sulfonamides is 1. The van der Waals surface area contributed by atoms with Crippen molar-refractivity contribution in [3.63, 3.8) is 0 Å². The lowest BCUT2D eigenvalue weighted by atomic mass is 10.4. The smallest absolute Gasteiger partial charge is 0.246 e. The number of nitrogens with two attached hydrogens (primary N) is 1. The van der Waals surface area contributed by atoms with Crippen molar-refractivity contribution in [2.75, 3.05) is 38.1 Å². The molecule has 1 aliphatic heterocycles. The summed E-state index contributed by atoms with van der Waals surface area (Å²) in [6.07, 6.45) is 2.82. The molecule has 0 atom stereocenters. The van der Waals surface area contributed by atoms with E-state index < -0.39 is 10.0 Å². The lowest BCUT2D eigenvalue weighted by Gasteiger charge is -2.33. The Kier molecular flexibility index (Phi) is 4.97. The van der Waals surface area contributed by atoms with E-state index in [1.807, 2.05) is 0 Å². The first-order valence-corrected chi connectivity index (χ1v) is 8.56. The molecular formula is C11H18BrN5O2S. The molecule has 0 aliphatic carbocycles. The van der Waals surface area contributed by atoms with E-state index in [1.54, 1.807) is 0 Å². The van der Waals surface area contributed by atoms with E-state index in [0.29, 0.717) is 23.2 Å². The van der Waals surface area contributed by atoms with Crippen LogP contribution in [0.1, 0.15) is 6.92 Å². The fourth-order valence-electron chi connectivity index (χ4n) is 2.18. The van der Waals surface area contributed by atoms with Gasteiger partial charge in [0.15, 0.2) is 0 Å². The third-order valence-corrected chi connectivity index (χ3v) is 5.92. The zero-order valence-electron chi connectivity index (χ0n) is 11.2. The Labute approximate surface area is 127 Å². The van der Waals surface area contributed by atoms with Crippen LogP contribution in [0.2, 0.25) is 0 Å². The number of halogens is 1. The minimum absolute atomic E-state index is 0.0966. The SMILES string of the molecule is CCN1CCN(S(=O)(=O)c2cncc(Br)c2NN)CC1. The Bertz CT molecular complexity index is 572. The van der Waals surface area contributed by atoms with Crippen LogP contribution < -0.4 is 11.3 Å². The van der Waals surface area contributed by atoms with Gasteiger partial charge in [-0.05, 0) is 22.5 Å². The first-order valence-electron chi connectivity index (χ1n) is 6.33. The Morgan fingerprint density at radius 3 is 2.55 bits per heavy atom. The number of nitrogens with zero attached hydrogens (tertiary/aromatic N) is 3. The lowest BCUT2D eigenvalue weighted by Crippen LogP contribution is -2.48. The monoisotopic (exact) mass is 363 g/mol. The summed E-state index contributed by atoms with van der Waals surface area (Å²) in [4.78, 5) is 6.24. The van der Waals surface area contributed by atoms with Crippen LogP contribution in [0.5, 0.6) is 0 Å². The molecule has 0 amide bonds. The number of piperazine rings is 1. The molecule has 0 aromatic carbocycles. The molecule has 0 unspecified atom stereocenters. The van der Waals surface area contributed by atoms with Crippen LogP contribution in [-0.4, -0.2) is 55.3 Å². The van der Waals surface area contributed by atoms with Gasteiger partial charge < -0.3 is 10.3 Å². The van der Waals surface area contributed by atoms with Crippen LogP contribution in [0.3, 0.4) is 0 Å². The number of aromatic nitrogens is 1. The third-order valence-electron chi connectivity index (χ3n) is 3.41. The highest BCUT2D eigenvalue weighted by Gasteiger charge is 2.30. The molecular weight excluding hydrogens is 346 g/mol. The van der Waals surface area contributed by atoms with Gasteiger partial charge in [0.1, 0.15) is 4.90 Å². The zero-order valence-corrected chi connectivity index (χ0v) is 13.6. The largest absolute Gasteiger partial charge is 0.322 e. The van der Waals surface area contributed by atoms with Crippen LogP contribution >= 0.6 is 15.9 Å². The van der Waals surface area contributed by atoms with Crippen molar-refractivity contribution in [1.29, 1.82) is 0 Å². The number of hydrogen-bond acceptors (Lipinski definition) is 6. The molecule has 1 aliphatic rings. The highest BCUT2D eigenvalue weighted by molar-refractivity contribution is 9.10. The van der Waals surface area contributed by atoms with Crippen molar-refractivity contribution in [2.45, 2.75) is 11.8 Å². The van der Waals surface area contributed by atoms with E-state index in [-0.39, 0.29) is 4.90 Å². The van der Waals surface area contributed by atoms with Crippen molar-refractivity contribution < 1.29 is 8.42 Å². The number of nitrogen functional groups attached to an aromatic ring is 1. The molecule has 1 fully saturated rings. The van der Waals surface area contributed by atoms with E-state index >= 15 is 0 Å². The summed E-state index contributed by atoms with van der Waals surface area (Å²) in [6.45, 7) is 5.44. The van der Waals surface area contributed by atoms with Crippen molar-refractivity contribution in [3.05, 3.63) is 16.9 Å². The summed E-state index contributed by atoms with van der Waals surface area (Å²) in [7, 11) is -3.59. The molecule has 0 spiro atoms. The average Bonchev–Trinajstić information content (AvgIpc) is 2.47. The fraction of sp³-hybridized carbons (Fsp3) is 0.545. The Morgan fingerprint density at radius 2 is 2.00 bits per heavy atom. The van der Waals surface area contributed by atoms with Crippen LogP contribution in [-0.2, 0) is 10.0 Å². The standard InChI is InChI=1S/C11H18BrN5O2S/c1-2-16-3-5-17(6-4-16)20(18,19)10-8-14-7-9(12)11(10)15-13/h7-8H,2-6,13H2,1H3,(H,14,15). The van der Waals surface area contributed by atoms with Gasteiger partial charge >= 0.3 is 0 Å². The van der Waals surface area contributed by atoms with E-state index in [4.69, 9.17) is 5.84 Å². The normalized spacial score (nSPS) is 18.1. The molecule has 7 nitrogen and oxygen atoms in total. The molecule has 0 radical (unpaired) electrons. The fourth-order valence-corrected chi connectivity index (χ4v) is 4.30. The lowest BCUT2D eigenvalue weighted by molar-refractivity contribution is 0.196. The van der Waals surface area contributed by atoms with Gasteiger partial charge in [0, 0.05) is 38.6 Å². The third kappa shape index (κ3) is 2.96. The Hall–Kier alpha value is -0.740. The summed E-state index contributed by atoms with van der Waals surface area (Å²) in [5.74, 6) is 5.42. The summed E-state index contributed by atoms with van der Waals surface area (Å²) in [6, 6.07) is 0. The molecule has 112 valence electrons. The van der Waals surface area contributed by atoms with Crippen LogP contribution in [0.4, 0.5) is 5.69 Å². The second kappa shape index (κ2) is 6.35. The van der Waals surface area contributed by atoms with Crippen LogP contribution in [0.25, 0.3) is 0 Å². The number of rotatable bonds is 4. The molecule has 3 N–H and O–H groups in total. The maximum Gasteiger partial charge on any atom is 0.246 e. The van der Waals surface area contributed by atoms with Gasteiger partial charge in [-0.2, -0.15) is 4.31 Å². The van der Waals surface area contributed by atoms with E-state index in [9.17, 15) is 8.42 Å². The molecule has 9 heteroatoms. The average molecular weight is 364 g/mol. The molecule has 1 saturated heterocycles. The van der Waals surface area contributed by atoms with Gasteiger partial charge in [0.05, 0.1) is 10.2 Å². The Balaban J connectivity index is 2.30. The second-order valence-corrected chi connectivity index (χ2v) is 7.24. The maximum atomic E-state index is 12.7. The minimum atomic E-state index is -3.59.